The van der Waals surface area contributed by atoms with Gasteiger partial charge in [0.2, 0.25) is 0 Å². The largest absolute Gasteiger partial charge is 0.369 e. The van der Waals surface area contributed by atoms with Crippen molar-refractivity contribution in [3.05, 3.63) is 47.7 Å². The smallest absolute Gasteiger partial charge is 0.0491 e. The third kappa shape index (κ3) is 3.62. The lowest BCUT2D eigenvalue weighted by Crippen LogP contribution is -2.44. The van der Waals surface area contributed by atoms with E-state index >= 15 is 0 Å². The first-order valence-electron chi connectivity index (χ1n) is 7.30. The highest BCUT2D eigenvalue weighted by molar-refractivity contribution is 5.75. The summed E-state index contributed by atoms with van der Waals surface area (Å²) in [6.45, 7) is 10.3. The van der Waals surface area contributed by atoms with E-state index in [1.165, 1.54) is 6.42 Å². The van der Waals surface area contributed by atoms with Gasteiger partial charge in [-0.2, -0.15) is 5.10 Å². The highest BCUT2D eigenvalue weighted by Gasteiger charge is 2.28. The highest BCUT2D eigenvalue weighted by atomic mass is 15.2. The zero-order chi connectivity index (χ0) is 15.4. The highest BCUT2D eigenvalue weighted by Crippen LogP contribution is 2.34. The van der Waals surface area contributed by atoms with E-state index in [9.17, 15) is 0 Å². The second kappa shape index (κ2) is 6.74. The number of likely N-dealkylation sites (N-methyl/N-ethyl adjacent to an activating group) is 1. The molecule has 2 atom stereocenters. The van der Waals surface area contributed by atoms with Crippen molar-refractivity contribution in [3.8, 4) is 0 Å². The number of hydrogen-bond acceptors (Lipinski definition) is 5. The van der Waals surface area contributed by atoms with Gasteiger partial charge in [0.25, 0.3) is 0 Å². The van der Waals surface area contributed by atoms with Crippen molar-refractivity contribution >= 4 is 6.21 Å². The van der Waals surface area contributed by atoms with Crippen LogP contribution in [-0.4, -0.2) is 43.3 Å². The molecule has 1 aliphatic carbocycles. The lowest BCUT2D eigenvalue weighted by molar-refractivity contribution is 0.245. The van der Waals surface area contributed by atoms with Gasteiger partial charge in [0.15, 0.2) is 0 Å². The summed E-state index contributed by atoms with van der Waals surface area (Å²) >= 11 is 0. The van der Waals surface area contributed by atoms with Gasteiger partial charge in [-0.05, 0) is 42.7 Å². The Balaban J connectivity index is 2.16. The van der Waals surface area contributed by atoms with Crippen molar-refractivity contribution in [1.29, 1.82) is 0 Å². The average molecular weight is 287 g/mol. The Morgan fingerprint density at radius 3 is 2.81 bits per heavy atom. The van der Waals surface area contributed by atoms with Gasteiger partial charge in [-0.25, -0.2) is 0 Å². The minimum atomic E-state index is 0.0325. The monoisotopic (exact) mass is 287 g/mol. The first-order valence-corrected chi connectivity index (χ1v) is 7.30. The molecule has 0 spiro atoms. The van der Waals surface area contributed by atoms with E-state index in [1.807, 2.05) is 19.2 Å². The van der Waals surface area contributed by atoms with E-state index in [1.54, 1.807) is 6.21 Å². The third-order valence-electron chi connectivity index (χ3n) is 4.12. The van der Waals surface area contributed by atoms with Crippen LogP contribution >= 0.6 is 0 Å². The molecule has 5 nitrogen and oxygen atoms in total. The van der Waals surface area contributed by atoms with Crippen LogP contribution in [0.5, 0.6) is 0 Å². The Morgan fingerprint density at radius 2 is 2.24 bits per heavy atom. The molecule has 1 saturated heterocycles. The Kier molecular flexibility index (Phi) is 4.98. The van der Waals surface area contributed by atoms with Gasteiger partial charge < -0.3 is 21.8 Å². The maximum atomic E-state index is 5.84. The lowest BCUT2D eigenvalue weighted by Gasteiger charge is -2.36. The Hall–Kier alpha value is -1.85. The van der Waals surface area contributed by atoms with Crippen LogP contribution in [-0.2, 0) is 0 Å². The van der Waals surface area contributed by atoms with Crippen molar-refractivity contribution in [2.45, 2.75) is 24.9 Å². The van der Waals surface area contributed by atoms with Crippen LogP contribution in [0.3, 0.4) is 0 Å². The summed E-state index contributed by atoms with van der Waals surface area (Å²) in [5.41, 5.74) is 9.75. The summed E-state index contributed by atoms with van der Waals surface area (Å²) in [6, 6.07) is 0.519. The second-order valence-electron chi connectivity index (χ2n) is 5.53. The molecular weight excluding hydrogens is 262 g/mol. The quantitative estimate of drug-likeness (QED) is 0.293. The Bertz CT molecular complexity index is 515. The molecule has 2 aliphatic rings. The number of rotatable bonds is 6. The number of nitrogens with one attached hydrogen (secondary N) is 1. The zero-order valence-corrected chi connectivity index (χ0v) is 12.7. The van der Waals surface area contributed by atoms with Crippen LogP contribution in [0, 0.1) is 0 Å². The topological polar surface area (TPSA) is 79.7 Å². The fourth-order valence-electron chi connectivity index (χ4n) is 2.72. The van der Waals surface area contributed by atoms with E-state index in [-0.39, 0.29) is 6.04 Å². The molecule has 1 heterocycles. The molecule has 5 N–H and O–H groups in total. The average Bonchev–Trinajstić information content (AvgIpc) is 3.23. The number of nitrogens with zero attached hydrogens (tertiary/aromatic N) is 2. The zero-order valence-electron chi connectivity index (χ0n) is 12.7. The van der Waals surface area contributed by atoms with Gasteiger partial charge in [0.05, 0.1) is 0 Å². The normalized spacial score (nSPS) is 25.9. The first-order chi connectivity index (χ1) is 10.1. The van der Waals surface area contributed by atoms with Crippen LogP contribution in [0.2, 0.25) is 0 Å². The lowest BCUT2D eigenvalue weighted by atomic mass is 9.98. The van der Waals surface area contributed by atoms with Crippen molar-refractivity contribution in [3.63, 3.8) is 0 Å². The molecule has 2 unspecified atom stereocenters. The van der Waals surface area contributed by atoms with Crippen LogP contribution in [0.4, 0.5) is 0 Å². The van der Waals surface area contributed by atoms with Gasteiger partial charge in [-0.3, -0.25) is 0 Å². The predicted octanol–water partition coefficient (Wildman–Crippen LogP) is 0.878. The summed E-state index contributed by atoms with van der Waals surface area (Å²) in [7, 11) is 2.00. The molecule has 0 radical (unpaired) electrons. The second-order valence-corrected chi connectivity index (χ2v) is 5.53. The number of hydrogen-bond donors (Lipinski definition) is 3. The van der Waals surface area contributed by atoms with Crippen molar-refractivity contribution in [2.75, 3.05) is 20.1 Å². The molecule has 5 heteroatoms. The minimum absolute atomic E-state index is 0.0325. The summed E-state index contributed by atoms with van der Waals surface area (Å²) in [5, 5.41) is 6.92. The number of likely N-dealkylation sites (tertiary alicyclic amines) is 1. The molecule has 21 heavy (non-hydrogen) atoms. The van der Waals surface area contributed by atoms with E-state index in [0.717, 1.165) is 41.9 Å². The van der Waals surface area contributed by atoms with Gasteiger partial charge in [-0.15, -0.1) is 0 Å². The van der Waals surface area contributed by atoms with Crippen LogP contribution in [0.25, 0.3) is 0 Å². The number of piperidine rings is 1. The predicted molar refractivity (Wildman–Crippen MR) is 88.8 cm³/mol. The molecule has 1 aliphatic heterocycles. The van der Waals surface area contributed by atoms with Gasteiger partial charge in [0, 0.05) is 37.1 Å². The number of allylic oxidation sites excluding steroid dienone is 2. The van der Waals surface area contributed by atoms with Gasteiger partial charge in [0.1, 0.15) is 0 Å². The van der Waals surface area contributed by atoms with Crippen molar-refractivity contribution in [1.82, 2.24) is 10.2 Å². The standard InChI is InChI=1S/C16H25N5/c1-11(14-9-15(14)17)12(2)16(6-7-20-18)21-8-4-5-13(10-21)19-3/h6-7,9,13,15,19H,1-2,4-5,8,10,17-18H2,3H3/b16-6+,20-7-. The van der Waals surface area contributed by atoms with Gasteiger partial charge in [-0.1, -0.05) is 19.2 Å². The summed E-state index contributed by atoms with van der Waals surface area (Å²) in [6.07, 6.45) is 7.83. The Labute approximate surface area is 126 Å². The fourth-order valence-corrected chi connectivity index (χ4v) is 2.72. The fraction of sp³-hybridized carbons (Fsp3) is 0.438. The molecular formula is C16H25N5. The van der Waals surface area contributed by atoms with Crippen LogP contribution in [0.1, 0.15) is 12.8 Å². The number of nitrogens with two attached hydrogens (primary N) is 2. The summed E-state index contributed by atoms with van der Waals surface area (Å²) in [5.74, 6) is 5.24. The van der Waals surface area contributed by atoms with Crippen molar-refractivity contribution in [2.24, 2.45) is 16.7 Å². The molecule has 1 fully saturated rings. The number of hydrazone groups is 1. The minimum Gasteiger partial charge on any atom is -0.369 e. The van der Waals surface area contributed by atoms with E-state index in [2.05, 4.69) is 28.5 Å². The molecule has 0 aromatic heterocycles. The third-order valence-corrected chi connectivity index (χ3v) is 4.12. The molecule has 0 aromatic carbocycles. The molecule has 0 bridgehead atoms. The molecule has 0 saturated carbocycles. The molecule has 0 aromatic rings. The summed E-state index contributed by atoms with van der Waals surface area (Å²) < 4.78 is 0. The maximum absolute atomic E-state index is 5.84. The van der Waals surface area contributed by atoms with E-state index < -0.39 is 0 Å². The van der Waals surface area contributed by atoms with Crippen molar-refractivity contribution < 1.29 is 0 Å². The Morgan fingerprint density at radius 1 is 1.52 bits per heavy atom. The summed E-state index contributed by atoms with van der Waals surface area (Å²) in [4.78, 5) is 2.31. The van der Waals surface area contributed by atoms with Crippen LogP contribution < -0.4 is 16.9 Å². The molecule has 0 amide bonds. The molecule has 2 rings (SSSR count). The first kappa shape index (κ1) is 15.5. The van der Waals surface area contributed by atoms with E-state index in [4.69, 9.17) is 11.6 Å². The van der Waals surface area contributed by atoms with Gasteiger partial charge >= 0.3 is 0 Å². The van der Waals surface area contributed by atoms with E-state index in [0.29, 0.717) is 6.04 Å². The molecule has 114 valence electrons. The SMILES string of the molecule is C=C(C(=C)/C(=C\C=N/N)N1CCCC(NC)C1)C1=CC1N. The maximum Gasteiger partial charge on any atom is 0.0491 e. The van der Waals surface area contributed by atoms with Crippen LogP contribution in [0.15, 0.2) is 52.8 Å².